The van der Waals surface area contributed by atoms with E-state index in [2.05, 4.69) is 16.3 Å². The number of para-hydroxylation sites is 1. The molecule has 4 rings (SSSR count). The van der Waals surface area contributed by atoms with E-state index < -0.39 is 0 Å². The van der Waals surface area contributed by atoms with Gasteiger partial charge in [0.1, 0.15) is 5.58 Å². The predicted octanol–water partition coefficient (Wildman–Crippen LogP) is 3.27. The lowest BCUT2D eigenvalue weighted by Crippen LogP contribution is -2.28. The van der Waals surface area contributed by atoms with E-state index in [1.165, 1.54) is 32.5 Å². The Balaban J connectivity index is 1.58. The van der Waals surface area contributed by atoms with Crippen LogP contribution in [-0.4, -0.2) is 31.1 Å². The molecule has 0 bridgehead atoms. The summed E-state index contributed by atoms with van der Waals surface area (Å²) in [4.78, 5) is 2.52. The van der Waals surface area contributed by atoms with Gasteiger partial charge in [-0.05, 0) is 49.0 Å². The number of rotatable bonds is 2. The Kier molecular flexibility index (Phi) is 3.02. The van der Waals surface area contributed by atoms with E-state index in [-0.39, 0.29) is 0 Å². The molecule has 2 aliphatic rings. The number of hydrogen-bond donors (Lipinski definition) is 1. The maximum Gasteiger partial charge on any atom is 0.199 e. The summed E-state index contributed by atoms with van der Waals surface area (Å²) in [6.07, 6.45) is 2.61. The lowest BCUT2D eigenvalue weighted by atomic mass is 9.86. The molecule has 1 spiro atoms. The van der Waals surface area contributed by atoms with E-state index in [0.717, 1.165) is 29.6 Å². The molecular weight excluding hydrogens is 272 g/mol. The zero-order chi connectivity index (χ0) is 13.6. The monoisotopic (exact) mass is 290 g/mol. The van der Waals surface area contributed by atoms with Crippen molar-refractivity contribution in [3.05, 3.63) is 35.0 Å². The topological polar surface area (TPSA) is 28.4 Å². The average Bonchev–Trinajstić information content (AvgIpc) is 3.14. The van der Waals surface area contributed by atoms with Crippen LogP contribution < -0.4 is 5.32 Å². The number of fused-ring (bicyclic) bond motifs is 1. The Hall–Kier alpha value is -1.03. The summed E-state index contributed by atoms with van der Waals surface area (Å²) < 4.78 is 5.65. The highest BCUT2D eigenvalue weighted by molar-refractivity contribution is 6.30. The van der Waals surface area contributed by atoms with Crippen LogP contribution in [0.4, 0.5) is 0 Å². The minimum Gasteiger partial charge on any atom is -0.444 e. The molecule has 2 fully saturated rings. The first kappa shape index (κ1) is 12.7. The number of halogens is 1. The molecular formula is C16H19ClN2O. The SMILES string of the molecule is Clc1oc2ccccc2c1CN1CCC2(CCNC2)C1. The molecule has 0 saturated carbocycles. The molecule has 2 saturated heterocycles. The second kappa shape index (κ2) is 4.76. The minimum atomic E-state index is 0.506. The summed E-state index contributed by atoms with van der Waals surface area (Å²) in [6.45, 7) is 5.58. The molecule has 0 aliphatic carbocycles. The Labute approximate surface area is 123 Å². The van der Waals surface area contributed by atoms with Crippen molar-refractivity contribution in [1.82, 2.24) is 10.2 Å². The van der Waals surface area contributed by atoms with E-state index in [9.17, 15) is 0 Å². The maximum atomic E-state index is 6.29. The molecule has 3 heterocycles. The third-order valence-electron chi connectivity index (χ3n) is 4.88. The molecule has 1 N–H and O–H groups in total. The van der Waals surface area contributed by atoms with Crippen LogP contribution in [0.15, 0.2) is 28.7 Å². The van der Waals surface area contributed by atoms with Crippen molar-refractivity contribution in [2.24, 2.45) is 5.41 Å². The molecule has 106 valence electrons. The number of nitrogens with zero attached hydrogens (tertiary/aromatic N) is 1. The molecule has 2 aliphatic heterocycles. The Morgan fingerprint density at radius 3 is 3.05 bits per heavy atom. The van der Waals surface area contributed by atoms with Gasteiger partial charge >= 0.3 is 0 Å². The van der Waals surface area contributed by atoms with Crippen molar-refractivity contribution in [2.45, 2.75) is 19.4 Å². The molecule has 0 radical (unpaired) electrons. The van der Waals surface area contributed by atoms with Crippen LogP contribution in [0.5, 0.6) is 0 Å². The first-order valence-corrected chi connectivity index (χ1v) is 7.73. The van der Waals surface area contributed by atoms with Crippen LogP contribution in [-0.2, 0) is 6.54 Å². The number of likely N-dealkylation sites (tertiary alicyclic amines) is 1. The normalized spacial score (nSPS) is 27.1. The molecule has 1 aromatic heterocycles. The van der Waals surface area contributed by atoms with Gasteiger partial charge in [0, 0.05) is 30.6 Å². The fourth-order valence-corrected chi connectivity index (χ4v) is 3.99. The van der Waals surface area contributed by atoms with Crippen LogP contribution in [0.2, 0.25) is 5.22 Å². The summed E-state index contributed by atoms with van der Waals surface area (Å²) in [5.41, 5.74) is 2.54. The Bertz CT molecular complexity index is 630. The quantitative estimate of drug-likeness (QED) is 0.920. The summed E-state index contributed by atoms with van der Waals surface area (Å²) in [6, 6.07) is 8.12. The van der Waals surface area contributed by atoms with Gasteiger partial charge in [0.2, 0.25) is 0 Å². The van der Waals surface area contributed by atoms with Crippen LogP contribution in [0.1, 0.15) is 18.4 Å². The van der Waals surface area contributed by atoms with E-state index in [0.29, 0.717) is 10.6 Å². The molecule has 0 amide bonds. The van der Waals surface area contributed by atoms with Crippen molar-refractivity contribution < 1.29 is 4.42 Å². The summed E-state index contributed by atoms with van der Waals surface area (Å²) in [5.74, 6) is 0. The van der Waals surface area contributed by atoms with Gasteiger partial charge < -0.3 is 9.73 Å². The van der Waals surface area contributed by atoms with Gasteiger partial charge in [-0.3, -0.25) is 4.90 Å². The average molecular weight is 291 g/mol. The van der Waals surface area contributed by atoms with Crippen LogP contribution in [0, 0.1) is 5.41 Å². The molecule has 3 nitrogen and oxygen atoms in total. The van der Waals surface area contributed by atoms with Gasteiger partial charge in [0.05, 0.1) is 0 Å². The lowest BCUT2D eigenvalue weighted by Gasteiger charge is -2.22. The zero-order valence-corrected chi connectivity index (χ0v) is 12.2. The third kappa shape index (κ3) is 2.05. The fourth-order valence-electron chi connectivity index (χ4n) is 3.75. The van der Waals surface area contributed by atoms with Gasteiger partial charge in [-0.15, -0.1) is 0 Å². The van der Waals surface area contributed by atoms with Crippen molar-refractivity contribution in [3.63, 3.8) is 0 Å². The van der Waals surface area contributed by atoms with E-state index >= 15 is 0 Å². The second-order valence-electron chi connectivity index (χ2n) is 6.24. The Morgan fingerprint density at radius 2 is 2.20 bits per heavy atom. The van der Waals surface area contributed by atoms with Crippen molar-refractivity contribution in [2.75, 3.05) is 26.2 Å². The maximum absolute atomic E-state index is 6.29. The van der Waals surface area contributed by atoms with E-state index in [1.807, 2.05) is 18.2 Å². The fraction of sp³-hybridized carbons (Fsp3) is 0.500. The smallest absolute Gasteiger partial charge is 0.199 e. The van der Waals surface area contributed by atoms with Crippen LogP contribution in [0.3, 0.4) is 0 Å². The largest absolute Gasteiger partial charge is 0.444 e. The number of furan rings is 1. The van der Waals surface area contributed by atoms with Gasteiger partial charge in [0.15, 0.2) is 5.22 Å². The zero-order valence-electron chi connectivity index (χ0n) is 11.5. The third-order valence-corrected chi connectivity index (χ3v) is 5.19. The van der Waals surface area contributed by atoms with Gasteiger partial charge in [-0.1, -0.05) is 18.2 Å². The van der Waals surface area contributed by atoms with Gasteiger partial charge in [0.25, 0.3) is 0 Å². The summed E-state index contributed by atoms with van der Waals surface area (Å²) >= 11 is 6.29. The molecule has 1 atom stereocenters. The highest BCUT2D eigenvalue weighted by atomic mass is 35.5. The Morgan fingerprint density at radius 1 is 1.30 bits per heavy atom. The van der Waals surface area contributed by atoms with Crippen molar-refractivity contribution >= 4 is 22.6 Å². The molecule has 4 heteroatoms. The number of nitrogens with one attached hydrogen (secondary N) is 1. The van der Waals surface area contributed by atoms with Gasteiger partial charge in [-0.25, -0.2) is 0 Å². The molecule has 2 aromatic rings. The van der Waals surface area contributed by atoms with Crippen molar-refractivity contribution in [1.29, 1.82) is 0 Å². The molecule has 1 unspecified atom stereocenters. The second-order valence-corrected chi connectivity index (χ2v) is 6.58. The first-order valence-electron chi connectivity index (χ1n) is 7.35. The van der Waals surface area contributed by atoms with E-state index in [4.69, 9.17) is 16.0 Å². The summed E-state index contributed by atoms with van der Waals surface area (Å²) in [5, 5.41) is 5.21. The first-order chi connectivity index (χ1) is 9.76. The predicted molar refractivity (Wildman–Crippen MR) is 81.0 cm³/mol. The molecule has 20 heavy (non-hydrogen) atoms. The van der Waals surface area contributed by atoms with Crippen LogP contribution >= 0.6 is 11.6 Å². The van der Waals surface area contributed by atoms with Crippen molar-refractivity contribution in [3.8, 4) is 0 Å². The molecule has 1 aromatic carbocycles. The van der Waals surface area contributed by atoms with E-state index in [1.54, 1.807) is 0 Å². The minimum absolute atomic E-state index is 0.506. The highest BCUT2D eigenvalue weighted by Crippen LogP contribution is 2.38. The van der Waals surface area contributed by atoms with Gasteiger partial charge in [-0.2, -0.15) is 0 Å². The summed E-state index contributed by atoms with van der Waals surface area (Å²) in [7, 11) is 0. The number of benzene rings is 1. The van der Waals surface area contributed by atoms with Crippen LogP contribution in [0.25, 0.3) is 11.0 Å². The number of hydrogen-bond acceptors (Lipinski definition) is 3. The lowest BCUT2D eigenvalue weighted by molar-refractivity contribution is 0.268. The highest BCUT2D eigenvalue weighted by Gasteiger charge is 2.40. The standard InChI is InChI=1S/C16H19ClN2O/c17-15-13(12-3-1-2-4-14(12)20-15)9-19-8-6-16(11-19)5-7-18-10-16/h1-4,18H,5-11H2.